The Morgan fingerprint density at radius 3 is 2.32 bits per heavy atom. The van der Waals surface area contributed by atoms with Crippen molar-refractivity contribution in [2.75, 3.05) is 0 Å². The van der Waals surface area contributed by atoms with Crippen LogP contribution in [0.1, 0.15) is 50.5 Å². The van der Waals surface area contributed by atoms with Gasteiger partial charge in [0.15, 0.2) is 11.5 Å². The summed E-state index contributed by atoms with van der Waals surface area (Å²) in [5.41, 5.74) is 0.804. The monoisotopic (exact) mass is 264 g/mol. The van der Waals surface area contributed by atoms with Crippen LogP contribution in [0.5, 0.6) is 11.5 Å². The van der Waals surface area contributed by atoms with E-state index in [0.29, 0.717) is 17.1 Å². The topological polar surface area (TPSA) is 44.8 Å². The van der Waals surface area contributed by atoms with Gasteiger partial charge >= 0.3 is 5.97 Å². The summed E-state index contributed by atoms with van der Waals surface area (Å²) in [5, 5.41) is 0. The van der Waals surface area contributed by atoms with Gasteiger partial charge < -0.3 is 14.2 Å². The van der Waals surface area contributed by atoms with Crippen LogP contribution < -0.4 is 9.47 Å². The quantitative estimate of drug-likeness (QED) is 0.729. The van der Waals surface area contributed by atoms with Gasteiger partial charge in [0.25, 0.3) is 0 Å². The number of fused-ring (bicyclic) bond motifs is 1. The smallest absolute Gasteiger partial charge is 0.342 e. The van der Waals surface area contributed by atoms with Crippen molar-refractivity contribution in [1.82, 2.24) is 0 Å². The molecule has 104 valence electrons. The van der Waals surface area contributed by atoms with E-state index in [4.69, 9.17) is 14.2 Å². The largest absolute Gasteiger partial charge is 0.456 e. The molecule has 1 aliphatic heterocycles. The third-order valence-corrected chi connectivity index (χ3v) is 2.62. The van der Waals surface area contributed by atoms with Gasteiger partial charge in [0.05, 0.1) is 0 Å². The van der Waals surface area contributed by atoms with Crippen LogP contribution in [0, 0.1) is 6.92 Å². The first-order valence-corrected chi connectivity index (χ1v) is 6.34. The average Bonchev–Trinajstić information content (AvgIpc) is 2.52. The standard InChI is InChI=1S/C15H20O4/c1-9-7-8-10(13(16)19-14(2,3)4)12-11(9)17-15(5,6)18-12/h7-8H,1-6H3. The van der Waals surface area contributed by atoms with Crippen LogP contribution in [0.2, 0.25) is 0 Å². The van der Waals surface area contributed by atoms with E-state index in [0.717, 1.165) is 5.56 Å². The number of hydrogen-bond acceptors (Lipinski definition) is 4. The lowest BCUT2D eigenvalue weighted by Gasteiger charge is -2.20. The van der Waals surface area contributed by atoms with E-state index in [-0.39, 0.29) is 0 Å². The van der Waals surface area contributed by atoms with Crippen LogP contribution in [0.15, 0.2) is 12.1 Å². The van der Waals surface area contributed by atoms with Crippen LogP contribution in [0.4, 0.5) is 0 Å². The fraction of sp³-hybridized carbons (Fsp3) is 0.533. The summed E-state index contributed by atoms with van der Waals surface area (Å²) < 4.78 is 16.8. The molecule has 4 nitrogen and oxygen atoms in total. The average molecular weight is 264 g/mol. The Kier molecular flexibility index (Phi) is 3.00. The second-order valence-electron chi connectivity index (χ2n) is 6.19. The fourth-order valence-electron chi connectivity index (χ4n) is 1.90. The first-order chi connectivity index (χ1) is 8.59. The number of hydrogen-bond donors (Lipinski definition) is 0. The maximum Gasteiger partial charge on any atom is 0.342 e. The molecular weight excluding hydrogens is 244 g/mol. The Labute approximate surface area is 113 Å². The summed E-state index contributed by atoms with van der Waals surface area (Å²) in [6.45, 7) is 11.0. The van der Waals surface area contributed by atoms with Gasteiger partial charge in [-0.3, -0.25) is 0 Å². The summed E-state index contributed by atoms with van der Waals surface area (Å²) >= 11 is 0. The molecule has 19 heavy (non-hydrogen) atoms. The lowest BCUT2D eigenvalue weighted by molar-refractivity contribution is -0.0440. The predicted octanol–water partition coefficient (Wildman–Crippen LogP) is 3.46. The molecule has 0 unspecified atom stereocenters. The zero-order valence-electron chi connectivity index (χ0n) is 12.3. The molecule has 0 N–H and O–H groups in total. The van der Waals surface area contributed by atoms with Crippen molar-refractivity contribution >= 4 is 5.97 Å². The fourth-order valence-corrected chi connectivity index (χ4v) is 1.90. The molecule has 4 heteroatoms. The molecule has 0 aromatic heterocycles. The molecule has 0 atom stereocenters. The van der Waals surface area contributed by atoms with Gasteiger partial charge in [0, 0.05) is 13.8 Å². The molecule has 2 rings (SSSR count). The Bertz CT molecular complexity index is 524. The van der Waals surface area contributed by atoms with E-state index >= 15 is 0 Å². The molecule has 0 fully saturated rings. The Morgan fingerprint density at radius 2 is 1.74 bits per heavy atom. The summed E-state index contributed by atoms with van der Waals surface area (Å²) in [6, 6.07) is 3.55. The summed E-state index contributed by atoms with van der Waals surface area (Å²) in [5.74, 6) is -0.0664. The number of aryl methyl sites for hydroxylation is 1. The molecule has 1 aromatic carbocycles. The predicted molar refractivity (Wildman–Crippen MR) is 71.7 cm³/mol. The van der Waals surface area contributed by atoms with E-state index in [1.54, 1.807) is 6.07 Å². The SMILES string of the molecule is Cc1ccc(C(=O)OC(C)(C)C)c2c1OC(C)(C)O2. The molecule has 0 spiro atoms. The molecule has 0 aliphatic carbocycles. The van der Waals surface area contributed by atoms with E-state index in [2.05, 4.69) is 0 Å². The van der Waals surface area contributed by atoms with Crippen LogP contribution in [0.3, 0.4) is 0 Å². The van der Waals surface area contributed by atoms with Crippen molar-refractivity contribution in [3.8, 4) is 11.5 Å². The second kappa shape index (κ2) is 4.15. The minimum Gasteiger partial charge on any atom is -0.456 e. The van der Waals surface area contributed by atoms with Crippen LogP contribution in [-0.2, 0) is 4.74 Å². The highest BCUT2D eigenvalue weighted by molar-refractivity contribution is 5.94. The number of esters is 1. The van der Waals surface area contributed by atoms with Gasteiger partial charge in [-0.2, -0.15) is 0 Å². The van der Waals surface area contributed by atoms with E-state index in [1.165, 1.54) is 0 Å². The lowest BCUT2D eigenvalue weighted by Crippen LogP contribution is -2.30. The molecule has 1 aliphatic rings. The van der Waals surface area contributed by atoms with Gasteiger partial charge in [-0.15, -0.1) is 0 Å². The first kappa shape index (κ1) is 13.7. The number of carbonyl (C=O) groups is 1. The molecule has 0 saturated heterocycles. The Morgan fingerprint density at radius 1 is 1.16 bits per heavy atom. The Balaban J connectivity index is 2.40. The summed E-state index contributed by atoms with van der Waals surface area (Å²) in [6.07, 6.45) is 0. The summed E-state index contributed by atoms with van der Waals surface area (Å²) in [4.78, 5) is 12.2. The Hall–Kier alpha value is -1.71. The highest BCUT2D eigenvalue weighted by atomic mass is 16.7. The first-order valence-electron chi connectivity index (χ1n) is 6.34. The van der Waals surface area contributed by atoms with Gasteiger partial charge in [0.2, 0.25) is 5.79 Å². The van der Waals surface area contributed by atoms with E-state index in [9.17, 15) is 4.79 Å². The van der Waals surface area contributed by atoms with Crippen molar-refractivity contribution in [3.63, 3.8) is 0 Å². The van der Waals surface area contributed by atoms with Crippen molar-refractivity contribution in [1.29, 1.82) is 0 Å². The minimum absolute atomic E-state index is 0.398. The van der Waals surface area contributed by atoms with Crippen molar-refractivity contribution in [2.45, 2.75) is 52.9 Å². The molecule has 0 bridgehead atoms. The normalized spacial score (nSPS) is 16.3. The third-order valence-electron chi connectivity index (χ3n) is 2.62. The number of benzene rings is 1. The molecule has 1 aromatic rings. The number of ether oxygens (including phenoxy) is 3. The zero-order valence-corrected chi connectivity index (χ0v) is 12.3. The minimum atomic E-state index is -0.759. The number of rotatable bonds is 1. The highest BCUT2D eigenvalue weighted by Gasteiger charge is 2.37. The molecular formula is C15H20O4. The van der Waals surface area contributed by atoms with Gasteiger partial charge in [-0.25, -0.2) is 4.79 Å². The van der Waals surface area contributed by atoms with Gasteiger partial charge in [-0.05, 0) is 39.3 Å². The van der Waals surface area contributed by atoms with Crippen LogP contribution in [-0.4, -0.2) is 17.4 Å². The van der Waals surface area contributed by atoms with Crippen LogP contribution in [0.25, 0.3) is 0 Å². The van der Waals surface area contributed by atoms with E-state index in [1.807, 2.05) is 47.6 Å². The zero-order chi connectivity index (χ0) is 14.4. The van der Waals surface area contributed by atoms with Crippen molar-refractivity contribution in [2.24, 2.45) is 0 Å². The van der Waals surface area contributed by atoms with Crippen molar-refractivity contribution < 1.29 is 19.0 Å². The molecule has 0 radical (unpaired) electrons. The molecule has 0 amide bonds. The molecule has 0 saturated carbocycles. The van der Waals surface area contributed by atoms with Gasteiger partial charge in [0.1, 0.15) is 11.2 Å². The second-order valence-corrected chi connectivity index (χ2v) is 6.19. The third kappa shape index (κ3) is 2.83. The van der Waals surface area contributed by atoms with Crippen LogP contribution >= 0.6 is 0 Å². The van der Waals surface area contributed by atoms with Crippen molar-refractivity contribution in [3.05, 3.63) is 23.3 Å². The number of carbonyl (C=O) groups excluding carboxylic acids is 1. The maximum atomic E-state index is 12.2. The maximum absolute atomic E-state index is 12.2. The highest BCUT2D eigenvalue weighted by Crippen LogP contribution is 2.44. The summed E-state index contributed by atoms with van der Waals surface area (Å²) in [7, 11) is 0. The lowest BCUT2D eigenvalue weighted by atomic mass is 10.1. The van der Waals surface area contributed by atoms with E-state index < -0.39 is 17.4 Å². The molecule has 1 heterocycles. The van der Waals surface area contributed by atoms with Gasteiger partial charge in [-0.1, -0.05) is 6.07 Å².